The third kappa shape index (κ3) is 3.68. The number of rotatable bonds is 7. The molecular formula is C24H23N7O3. The average molecular weight is 457 g/mol. The lowest BCUT2D eigenvalue weighted by molar-refractivity contribution is 0.126. The fourth-order valence-corrected chi connectivity index (χ4v) is 3.89. The minimum Gasteiger partial charge on any atom is -0.493 e. The van der Waals surface area contributed by atoms with Crippen molar-refractivity contribution in [1.82, 2.24) is 29.1 Å². The molecule has 5 rings (SSSR count). The first kappa shape index (κ1) is 21.4. The summed E-state index contributed by atoms with van der Waals surface area (Å²) in [7, 11) is 3.18. The first-order chi connectivity index (χ1) is 16.6. The molecule has 0 aliphatic carbocycles. The number of aryl methyl sites for hydroxylation is 1. The van der Waals surface area contributed by atoms with Crippen LogP contribution in [0.3, 0.4) is 0 Å². The number of ether oxygens (including phenoxy) is 2. The Kier molecular flexibility index (Phi) is 5.54. The molecule has 0 spiro atoms. The molecule has 172 valence electrons. The molecule has 4 aromatic heterocycles. The van der Waals surface area contributed by atoms with Gasteiger partial charge in [0.1, 0.15) is 6.33 Å². The van der Waals surface area contributed by atoms with Crippen LogP contribution in [0, 0.1) is 13.8 Å². The number of hydrogen-bond donors (Lipinski definition) is 0. The van der Waals surface area contributed by atoms with E-state index in [9.17, 15) is 0 Å². The minimum absolute atomic E-state index is 0.119. The zero-order chi connectivity index (χ0) is 23.7. The van der Waals surface area contributed by atoms with E-state index in [2.05, 4.69) is 38.6 Å². The molecule has 0 radical (unpaired) electrons. The van der Waals surface area contributed by atoms with E-state index in [1.807, 2.05) is 36.5 Å². The number of pyridine rings is 1. The van der Waals surface area contributed by atoms with Crippen molar-refractivity contribution in [2.24, 2.45) is 5.16 Å². The number of benzene rings is 1. The average Bonchev–Trinajstić information content (AvgIpc) is 3.40. The van der Waals surface area contributed by atoms with Gasteiger partial charge >= 0.3 is 0 Å². The smallest absolute Gasteiger partial charge is 0.192 e. The van der Waals surface area contributed by atoms with E-state index in [0.717, 1.165) is 39.2 Å². The van der Waals surface area contributed by atoms with Gasteiger partial charge in [-0.25, -0.2) is 14.5 Å². The van der Waals surface area contributed by atoms with E-state index in [4.69, 9.17) is 19.3 Å². The van der Waals surface area contributed by atoms with Gasteiger partial charge in [-0.15, -0.1) is 5.10 Å². The van der Waals surface area contributed by atoms with Crippen molar-refractivity contribution in [2.75, 3.05) is 14.2 Å². The van der Waals surface area contributed by atoms with Gasteiger partial charge in [0.15, 0.2) is 35.2 Å². The van der Waals surface area contributed by atoms with Gasteiger partial charge in [0, 0.05) is 17.5 Å². The predicted molar refractivity (Wildman–Crippen MR) is 127 cm³/mol. The van der Waals surface area contributed by atoms with Crippen molar-refractivity contribution in [3.05, 3.63) is 71.7 Å². The maximum atomic E-state index is 5.45. The van der Waals surface area contributed by atoms with Gasteiger partial charge in [-0.05, 0) is 49.7 Å². The Morgan fingerprint density at radius 2 is 1.91 bits per heavy atom. The molecule has 0 N–H and O–H groups in total. The van der Waals surface area contributed by atoms with Gasteiger partial charge in [0.25, 0.3) is 0 Å². The standard InChI is InChI=1S/C24H23N7O3/c1-15-16(2)31(18-6-5-9-25-12-18)23-22(15)24-28-21(29-30(24)14-26-23)13-34-27-11-17-7-8-19(32-3)20(10-17)33-4/h5-12,14H,13H2,1-4H3/b27-11-. The van der Waals surface area contributed by atoms with Crippen LogP contribution in [0.1, 0.15) is 22.6 Å². The number of oxime groups is 1. The fraction of sp³-hybridized carbons (Fsp3) is 0.208. The molecule has 0 aliphatic heterocycles. The molecule has 0 bridgehead atoms. The molecule has 34 heavy (non-hydrogen) atoms. The summed E-state index contributed by atoms with van der Waals surface area (Å²) in [6, 6.07) is 9.39. The minimum atomic E-state index is 0.119. The lowest BCUT2D eigenvalue weighted by Crippen LogP contribution is -1.99. The normalized spacial score (nSPS) is 11.5. The third-order valence-electron chi connectivity index (χ3n) is 5.66. The first-order valence-corrected chi connectivity index (χ1v) is 10.6. The summed E-state index contributed by atoms with van der Waals surface area (Å²) in [5.74, 6) is 1.77. The molecule has 10 nitrogen and oxygen atoms in total. The Bertz CT molecular complexity index is 1510. The number of nitrogens with zero attached hydrogens (tertiary/aromatic N) is 7. The largest absolute Gasteiger partial charge is 0.493 e. The summed E-state index contributed by atoms with van der Waals surface area (Å²) in [4.78, 5) is 19.0. The van der Waals surface area contributed by atoms with Gasteiger partial charge in [-0.3, -0.25) is 9.55 Å². The number of hydrogen-bond acceptors (Lipinski definition) is 8. The molecule has 1 aromatic carbocycles. The molecule has 5 aromatic rings. The van der Waals surface area contributed by atoms with Crippen molar-refractivity contribution >= 4 is 22.9 Å². The molecule has 0 amide bonds. The van der Waals surface area contributed by atoms with E-state index >= 15 is 0 Å². The van der Waals surface area contributed by atoms with E-state index in [-0.39, 0.29) is 6.61 Å². The Morgan fingerprint density at radius 3 is 2.68 bits per heavy atom. The van der Waals surface area contributed by atoms with Crippen LogP contribution in [0.5, 0.6) is 11.5 Å². The van der Waals surface area contributed by atoms with Crippen LogP contribution < -0.4 is 9.47 Å². The van der Waals surface area contributed by atoms with Crippen LogP contribution in [0.2, 0.25) is 0 Å². The fourth-order valence-electron chi connectivity index (χ4n) is 3.89. The molecule has 4 heterocycles. The van der Waals surface area contributed by atoms with Gasteiger partial charge in [0.05, 0.1) is 37.7 Å². The van der Waals surface area contributed by atoms with Crippen molar-refractivity contribution in [3.63, 3.8) is 0 Å². The third-order valence-corrected chi connectivity index (χ3v) is 5.66. The Balaban J connectivity index is 1.40. The lowest BCUT2D eigenvalue weighted by atomic mass is 10.2. The van der Waals surface area contributed by atoms with Crippen LogP contribution in [-0.4, -0.2) is 49.6 Å². The Hall–Kier alpha value is -4.47. The number of fused-ring (bicyclic) bond motifs is 3. The second kappa shape index (κ2) is 8.81. The maximum Gasteiger partial charge on any atom is 0.192 e. The molecule has 0 unspecified atom stereocenters. The monoisotopic (exact) mass is 457 g/mol. The summed E-state index contributed by atoms with van der Waals surface area (Å²) in [5, 5.41) is 9.48. The van der Waals surface area contributed by atoms with Crippen molar-refractivity contribution in [3.8, 4) is 17.2 Å². The molecule has 0 fully saturated rings. The van der Waals surface area contributed by atoms with E-state index in [1.54, 1.807) is 37.5 Å². The second-order valence-electron chi connectivity index (χ2n) is 7.62. The van der Waals surface area contributed by atoms with E-state index in [0.29, 0.717) is 17.3 Å². The lowest BCUT2D eigenvalue weighted by Gasteiger charge is -2.07. The van der Waals surface area contributed by atoms with Gasteiger partial charge in [-0.1, -0.05) is 5.16 Å². The SMILES string of the molecule is COc1ccc(/C=N\OCc2nc3c4c(C)c(C)n(-c5cccnc5)c4ncn3n2)cc1OC. The van der Waals surface area contributed by atoms with Gasteiger partial charge < -0.3 is 14.3 Å². The second-order valence-corrected chi connectivity index (χ2v) is 7.62. The summed E-state index contributed by atoms with van der Waals surface area (Å²) in [6.45, 7) is 4.24. The Morgan fingerprint density at radius 1 is 1.06 bits per heavy atom. The zero-order valence-electron chi connectivity index (χ0n) is 19.3. The van der Waals surface area contributed by atoms with Crippen LogP contribution in [0.15, 0.2) is 54.2 Å². The predicted octanol–water partition coefficient (Wildman–Crippen LogP) is 3.65. The summed E-state index contributed by atoms with van der Waals surface area (Å²) >= 11 is 0. The highest BCUT2D eigenvalue weighted by atomic mass is 16.6. The van der Waals surface area contributed by atoms with Crippen molar-refractivity contribution in [2.45, 2.75) is 20.5 Å². The van der Waals surface area contributed by atoms with Crippen LogP contribution in [-0.2, 0) is 11.4 Å². The van der Waals surface area contributed by atoms with Crippen LogP contribution >= 0.6 is 0 Å². The molecule has 0 atom stereocenters. The number of methoxy groups -OCH3 is 2. The quantitative estimate of drug-likeness (QED) is 0.272. The molecule has 0 saturated heterocycles. The van der Waals surface area contributed by atoms with Gasteiger partial charge in [0.2, 0.25) is 0 Å². The zero-order valence-corrected chi connectivity index (χ0v) is 19.3. The summed E-state index contributed by atoms with van der Waals surface area (Å²) in [5.41, 5.74) is 5.45. The number of aromatic nitrogens is 6. The molecule has 0 aliphatic rings. The van der Waals surface area contributed by atoms with E-state index < -0.39 is 0 Å². The maximum absolute atomic E-state index is 5.45. The molecule has 0 saturated carbocycles. The van der Waals surface area contributed by atoms with E-state index in [1.165, 1.54) is 0 Å². The van der Waals surface area contributed by atoms with Gasteiger partial charge in [-0.2, -0.15) is 0 Å². The highest BCUT2D eigenvalue weighted by Gasteiger charge is 2.19. The highest BCUT2D eigenvalue weighted by molar-refractivity contribution is 5.94. The molecular weight excluding hydrogens is 434 g/mol. The summed E-state index contributed by atoms with van der Waals surface area (Å²) in [6.07, 6.45) is 6.82. The summed E-state index contributed by atoms with van der Waals surface area (Å²) < 4.78 is 14.3. The van der Waals surface area contributed by atoms with Crippen molar-refractivity contribution < 1.29 is 14.3 Å². The highest BCUT2D eigenvalue weighted by Crippen LogP contribution is 2.29. The Labute approximate surface area is 195 Å². The van der Waals surface area contributed by atoms with Crippen molar-refractivity contribution in [1.29, 1.82) is 0 Å². The molecule has 10 heteroatoms. The topological polar surface area (TPSA) is 101 Å². The van der Waals surface area contributed by atoms with Crippen LogP contribution in [0.4, 0.5) is 0 Å². The first-order valence-electron chi connectivity index (χ1n) is 10.6. The van der Waals surface area contributed by atoms with Crippen LogP contribution in [0.25, 0.3) is 22.4 Å².